The lowest BCUT2D eigenvalue weighted by atomic mass is 9.66. The first-order chi connectivity index (χ1) is 14.4. The van der Waals surface area contributed by atoms with E-state index < -0.39 is 39.6 Å². The Morgan fingerprint density at radius 3 is 2.35 bits per heavy atom. The van der Waals surface area contributed by atoms with Crippen molar-refractivity contribution in [2.24, 2.45) is 5.92 Å². The summed E-state index contributed by atoms with van der Waals surface area (Å²) in [5.41, 5.74) is -1.01. The van der Waals surface area contributed by atoms with Gasteiger partial charge in [-0.25, -0.2) is 0 Å². The molecule has 6 atom stereocenters. The van der Waals surface area contributed by atoms with Crippen LogP contribution in [0.25, 0.3) is 0 Å². The molecule has 9 heteroatoms. The summed E-state index contributed by atoms with van der Waals surface area (Å²) in [7, 11) is -3.57. The Hall–Kier alpha value is -0.420. The number of ether oxygens (including phenoxy) is 2. The van der Waals surface area contributed by atoms with Crippen LogP contribution in [0.1, 0.15) is 40.0 Å². The van der Waals surface area contributed by atoms with Gasteiger partial charge in [0.05, 0.1) is 38.8 Å². The molecule has 2 aliphatic rings. The summed E-state index contributed by atoms with van der Waals surface area (Å²) in [5.74, 6) is 0.938. The van der Waals surface area contributed by atoms with Gasteiger partial charge < -0.3 is 14.6 Å². The molecular weight excluding hydrogens is 444 g/mol. The molecule has 0 aromatic heterocycles. The zero-order valence-corrected chi connectivity index (χ0v) is 20.5. The third-order valence-corrected chi connectivity index (χ3v) is 8.96. The second-order valence-corrected chi connectivity index (χ2v) is 11.9. The van der Waals surface area contributed by atoms with Crippen LogP contribution in [0.5, 0.6) is 0 Å². The van der Waals surface area contributed by atoms with Gasteiger partial charge in [-0.15, -0.1) is 0 Å². The minimum atomic E-state index is -4.70. The molecule has 178 valence electrons. The lowest BCUT2D eigenvalue weighted by Gasteiger charge is -2.45. The summed E-state index contributed by atoms with van der Waals surface area (Å²) in [6.07, 6.45) is 4.98. The smallest absolute Gasteiger partial charge is 0.275 e. The number of methoxy groups -OCH3 is 1. The average Bonchev–Trinajstić information content (AvgIpc) is 3.31. The standard InChI is InChI=1S/C22H36ClO7S/c1-7-13-31(14-8-2)15-22(30-23(25,26)27)12-11-17(24)19(28-6)20(22)21(5)18(29-21)10-9-16(3)4/h7-9,17-20,24H,1-2,10-15H2,3-6H3/q+1. The molecule has 1 heterocycles. The maximum absolute atomic E-state index is 11.9. The van der Waals surface area contributed by atoms with Gasteiger partial charge in [0.15, 0.2) is 5.75 Å². The molecule has 0 bridgehead atoms. The monoisotopic (exact) mass is 479 g/mol. The zero-order valence-electron chi connectivity index (χ0n) is 18.9. The topological polar surface area (TPSA) is 120 Å². The number of rotatable bonds is 12. The minimum Gasteiger partial charge on any atom is -0.390 e. The number of hydrogen-bond acceptors (Lipinski definition) is 7. The molecule has 31 heavy (non-hydrogen) atoms. The van der Waals surface area contributed by atoms with Crippen LogP contribution in [0.2, 0.25) is 0 Å². The normalized spacial score (nSPS) is 35.6. The number of aliphatic hydroxyl groups excluding tert-OH is 1. The SMILES string of the molecule is C=CC[S+](CC=C)CC1(O[Cl+3]([O-])([O-])[O-])CCC(O)C(OC)C1C1(C)OC1CC=C(C)C. The molecule has 7 nitrogen and oxygen atoms in total. The quantitative estimate of drug-likeness (QED) is 0.236. The van der Waals surface area contributed by atoms with Crippen molar-refractivity contribution >= 4 is 10.9 Å². The third-order valence-electron chi connectivity index (χ3n) is 6.15. The Morgan fingerprint density at radius 1 is 1.26 bits per heavy atom. The van der Waals surface area contributed by atoms with Gasteiger partial charge >= 0.3 is 0 Å². The number of hydrogen-bond donors (Lipinski definition) is 1. The molecule has 0 spiro atoms. The van der Waals surface area contributed by atoms with Crippen LogP contribution < -0.4 is 14.0 Å². The van der Waals surface area contributed by atoms with Crippen molar-refractivity contribution in [1.82, 2.24) is 0 Å². The highest BCUT2D eigenvalue weighted by molar-refractivity contribution is 7.97. The first-order valence-electron chi connectivity index (χ1n) is 10.4. The lowest BCUT2D eigenvalue weighted by molar-refractivity contribution is -1.92. The van der Waals surface area contributed by atoms with E-state index in [0.717, 1.165) is 5.57 Å². The van der Waals surface area contributed by atoms with Gasteiger partial charge in [0.2, 0.25) is 0 Å². The van der Waals surface area contributed by atoms with Crippen LogP contribution in [0.4, 0.5) is 0 Å². The van der Waals surface area contributed by atoms with Gasteiger partial charge in [-0.1, -0.05) is 24.8 Å². The second-order valence-electron chi connectivity index (χ2n) is 8.78. The summed E-state index contributed by atoms with van der Waals surface area (Å²) in [6, 6.07) is 0. The molecule has 1 aliphatic heterocycles. The Kier molecular flexibility index (Phi) is 9.24. The predicted molar refractivity (Wildman–Crippen MR) is 113 cm³/mol. The van der Waals surface area contributed by atoms with Gasteiger partial charge in [0.1, 0.15) is 17.1 Å². The van der Waals surface area contributed by atoms with Crippen molar-refractivity contribution in [3.63, 3.8) is 0 Å². The van der Waals surface area contributed by atoms with E-state index in [1.807, 2.05) is 20.8 Å². The number of aliphatic hydroxyl groups is 1. The van der Waals surface area contributed by atoms with E-state index >= 15 is 0 Å². The van der Waals surface area contributed by atoms with Gasteiger partial charge in [-0.3, -0.25) is 0 Å². The summed E-state index contributed by atoms with van der Waals surface area (Å²) < 4.78 is 52.7. The predicted octanol–water partition coefficient (Wildman–Crippen LogP) is -0.0709. The Bertz CT molecular complexity index is 653. The minimum absolute atomic E-state index is 0.190. The molecule has 6 unspecified atom stereocenters. The molecular formula is C22H36ClO7S+. The molecule has 1 saturated heterocycles. The van der Waals surface area contributed by atoms with Crippen LogP contribution in [0, 0.1) is 16.2 Å². The van der Waals surface area contributed by atoms with Crippen LogP contribution in [-0.2, 0) is 24.7 Å². The maximum atomic E-state index is 11.9. The van der Waals surface area contributed by atoms with Crippen molar-refractivity contribution in [3.05, 3.63) is 37.0 Å². The van der Waals surface area contributed by atoms with Gasteiger partial charge in [0.25, 0.3) is 5.60 Å². The van der Waals surface area contributed by atoms with Gasteiger partial charge in [-0.05, 0) is 56.7 Å². The van der Waals surface area contributed by atoms with E-state index in [0.29, 0.717) is 23.7 Å². The van der Waals surface area contributed by atoms with Gasteiger partial charge in [-0.2, -0.15) is 14.0 Å². The molecule has 0 aromatic rings. The van der Waals surface area contributed by atoms with E-state index in [1.54, 1.807) is 12.2 Å². The second kappa shape index (κ2) is 10.7. The first kappa shape index (κ1) is 26.8. The van der Waals surface area contributed by atoms with E-state index in [1.165, 1.54) is 7.11 Å². The maximum Gasteiger partial charge on any atom is 0.275 e. The average molecular weight is 480 g/mol. The number of epoxide rings is 1. The largest absolute Gasteiger partial charge is 0.390 e. The van der Waals surface area contributed by atoms with Crippen LogP contribution in [-0.4, -0.2) is 59.0 Å². The molecule has 0 amide bonds. The van der Waals surface area contributed by atoms with Gasteiger partial charge in [0, 0.05) is 13.5 Å². The van der Waals surface area contributed by atoms with E-state index in [9.17, 15) is 19.1 Å². The first-order valence-corrected chi connectivity index (χ1v) is 13.4. The fourth-order valence-electron chi connectivity index (χ4n) is 4.87. The fourth-order valence-corrected chi connectivity index (χ4v) is 7.65. The number of halogens is 1. The Labute approximate surface area is 190 Å². The molecule has 2 fully saturated rings. The van der Waals surface area contributed by atoms with Crippen LogP contribution in [0.15, 0.2) is 37.0 Å². The summed E-state index contributed by atoms with van der Waals surface area (Å²) >= 11 is 0. The van der Waals surface area contributed by atoms with Crippen molar-refractivity contribution < 1.29 is 43.1 Å². The molecule has 1 saturated carbocycles. The van der Waals surface area contributed by atoms with Crippen LogP contribution >= 0.6 is 0 Å². The fraction of sp³-hybridized carbons (Fsp3) is 0.727. The highest BCUT2D eigenvalue weighted by Crippen LogP contribution is 2.56. The van der Waals surface area contributed by atoms with Crippen LogP contribution in [0.3, 0.4) is 0 Å². The Balaban J connectivity index is 2.51. The summed E-state index contributed by atoms with van der Waals surface area (Å²) in [5, 5.41) is 10.7. The number of allylic oxidation sites excluding steroid dienone is 1. The lowest BCUT2D eigenvalue weighted by Crippen LogP contribution is -2.71. The van der Waals surface area contributed by atoms with Crippen molar-refractivity contribution in [3.8, 4) is 0 Å². The summed E-state index contributed by atoms with van der Waals surface area (Å²) in [4.78, 5) is 0. The zero-order chi connectivity index (χ0) is 23.4. The third kappa shape index (κ3) is 6.56. The summed E-state index contributed by atoms with van der Waals surface area (Å²) in [6.45, 7) is 13.5. The molecule has 0 radical (unpaired) electrons. The van der Waals surface area contributed by atoms with Crippen molar-refractivity contribution in [2.45, 2.75) is 69.5 Å². The molecule has 1 N–H and O–H groups in total. The molecule has 0 aromatic carbocycles. The highest BCUT2D eigenvalue weighted by atomic mass is 35.7. The molecule has 2 rings (SSSR count). The Morgan fingerprint density at radius 2 is 1.87 bits per heavy atom. The molecule has 1 aliphatic carbocycles. The van der Waals surface area contributed by atoms with E-state index in [2.05, 4.69) is 19.2 Å². The van der Waals surface area contributed by atoms with E-state index in [-0.39, 0.29) is 29.8 Å². The van der Waals surface area contributed by atoms with Crippen molar-refractivity contribution in [1.29, 1.82) is 0 Å². The van der Waals surface area contributed by atoms with E-state index in [4.69, 9.17) is 13.8 Å². The van der Waals surface area contributed by atoms with Crippen molar-refractivity contribution in [2.75, 3.05) is 24.4 Å². The highest BCUT2D eigenvalue weighted by Gasteiger charge is 2.74.